The summed E-state index contributed by atoms with van der Waals surface area (Å²) < 4.78 is 5.26. The van der Waals surface area contributed by atoms with Crippen LogP contribution in [0.3, 0.4) is 0 Å². The Morgan fingerprint density at radius 1 is 1.30 bits per heavy atom. The number of carbonyl (C=O) groups excluding carboxylic acids is 1. The fourth-order valence-electron chi connectivity index (χ4n) is 2.70. The highest BCUT2D eigenvalue weighted by Gasteiger charge is 2.25. The van der Waals surface area contributed by atoms with E-state index in [4.69, 9.17) is 9.84 Å². The number of hydrogen-bond acceptors (Lipinski definition) is 3. The van der Waals surface area contributed by atoms with Crippen molar-refractivity contribution >= 4 is 12.1 Å². The van der Waals surface area contributed by atoms with Crippen LogP contribution in [-0.4, -0.2) is 28.8 Å². The molecule has 1 rings (SSSR count). The van der Waals surface area contributed by atoms with E-state index in [-0.39, 0.29) is 18.6 Å². The minimum absolute atomic E-state index is 0.161. The van der Waals surface area contributed by atoms with E-state index in [9.17, 15) is 9.59 Å². The summed E-state index contributed by atoms with van der Waals surface area (Å²) in [7, 11) is 0. The first-order valence-corrected chi connectivity index (χ1v) is 7.47. The number of rotatable bonds is 5. The summed E-state index contributed by atoms with van der Waals surface area (Å²) in [5, 5.41) is 11.6. The first-order valence-electron chi connectivity index (χ1n) is 7.47. The fraction of sp³-hybridized carbons (Fsp3) is 0.867. The van der Waals surface area contributed by atoms with Gasteiger partial charge in [-0.1, -0.05) is 12.8 Å². The highest BCUT2D eigenvalue weighted by atomic mass is 16.6. The average molecular weight is 285 g/mol. The normalized spacial score (nSPS) is 23.1. The molecule has 5 nitrogen and oxygen atoms in total. The Morgan fingerprint density at radius 2 is 2.00 bits per heavy atom. The first kappa shape index (κ1) is 16.8. The summed E-state index contributed by atoms with van der Waals surface area (Å²) in [5.74, 6) is -0.215. The number of ether oxygens (including phenoxy) is 1. The molecule has 0 bridgehead atoms. The molecule has 1 saturated carbocycles. The molecule has 0 heterocycles. The Labute approximate surface area is 121 Å². The van der Waals surface area contributed by atoms with Crippen LogP contribution < -0.4 is 5.32 Å². The molecule has 0 aliphatic heterocycles. The maximum Gasteiger partial charge on any atom is 0.407 e. The molecule has 2 atom stereocenters. The zero-order valence-electron chi connectivity index (χ0n) is 12.8. The summed E-state index contributed by atoms with van der Waals surface area (Å²) >= 11 is 0. The Bertz CT molecular complexity index is 335. The van der Waals surface area contributed by atoms with Gasteiger partial charge < -0.3 is 15.2 Å². The summed E-state index contributed by atoms with van der Waals surface area (Å²) in [6, 6.07) is 0.161. The molecule has 2 unspecified atom stereocenters. The summed E-state index contributed by atoms with van der Waals surface area (Å²) in [6.07, 6.45) is 5.66. The molecule has 1 aliphatic carbocycles. The second-order valence-electron chi connectivity index (χ2n) is 6.66. The zero-order chi connectivity index (χ0) is 15.2. The van der Waals surface area contributed by atoms with E-state index in [1.165, 1.54) is 0 Å². The average Bonchev–Trinajstić information content (AvgIpc) is 2.26. The van der Waals surface area contributed by atoms with Crippen molar-refractivity contribution in [2.24, 2.45) is 5.92 Å². The van der Waals surface area contributed by atoms with Gasteiger partial charge >= 0.3 is 12.1 Å². The fourth-order valence-corrected chi connectivity index (χ4v) is 2.70. The number of alkyl carbamates (subject to hydrolysis) is 1. The molecule has 0 radical (unpaired) electrons. The molecular weight excluding hydrogens is 258 g/mol. The number of aliphatic carboxylic acids is 1. The molecule has 0 aromatic heterocycles. The van der Waals surface area contributed by atoms with E-state index in [0.29, 0.717) is 5.92 Å². The first-order chi connectivity index (χ1) is 9.26. The molecule has 2 N–H and O–H groups in total. The predicted molar refractivity (Wildman–Crippen MR) is 76.6 cm³/mol. The highest BCUT2D eigenvalue weighted by Crippen LogP contribution is 2.28. The van der Waals surface area contributed by atoms with Gasteiger partial charge in [-0.15, -0.1) is 0 Å². The lowest BCUT2D eigenvalue weighted by atomic mass is 9.83. The quantitative estimate of drug-likeness (QED) is 0.812. The van der Waals surface area contributed by atoms with Crippen molar-refractivity contribution in [1.29, 1.82) is 0 Å². The van der Waals surface area contributed by atoms with Gasteiger partial charge in [0.15, 0.2) is 0 Å². The van der Waals surface area contributed by atoms with Crippen LogP contribution >= 0.6 is 0 Å². The van der Waals surface area contributed by atoms with Crippen molar-refractivity contribution < 1.29 is 19.4 Å². The molecule has 20 heavy (non-hydrogen) atoms. The van der Waals surface area contributed by atoms with Gasteiger partial charge in [0.1, 0.15) is 5.60 Å². The van der Waals surface area contributed by atoms with Crippen LogP contribution in [0.5, 0.6) is 0 Å². The molecule has 0 aromatic carbocycles. The SMILES string of the molecule is CC(C)(C)OC(=O)NC1CCCC(CCCC(=O)O)C1. The molecule has 1 aliphatic rings. The minimum Gasteiger partial charge on any atom is -0.481 e. The van der Waals surface area contributed by atoms with Crippen LogP contribution in [0.4, 0.5) is 4.79 Å². The van der Waals surface area contributed by atoms with Crippen molar-refractivity contribution in [3.8, 4) is 0 Å². The van der Waals surface area contributed by atoms with Gasteiger partial charge in [0.05, 0.1) is 0 Å². The number of nitrogens with one attached hydrogen (secondary N) is 1. The maximum atomic E-state index is 11.7. The summed E-state index contributed by atoms with van der Waals surface area (Å²) in [6.45, 7) is 5.55. The minimum atomic E-state index is -0.732. The monoisotopic (exact) mass is 285 g/mol. The van der Waals surface area contributed by atoms with E-state index in [1.54, 1.807) is 0 Å². The van der Waals surface area contributed by atoms with Crippen molar-refractivity contribution in [2.45, 2.75) is 77.4 Å². The van der Waals surface area contributed by atoms with Crippen LogP contribution in [0.1, 0.15) is 65.7 Å². The second kappa shape index (κ2) is 7.50. The number of carboxylic acids is 1. The third-order valence-electron chi connectivity index (χ3n) is 3.51. The molecular formula is C15H27NO4. The second-order valence-corrected chi connectivity index (χ2v) is 6.66. The third-order valence-corrected chi connectivity index (χ3v) is 3.51. The van der Waals surface area contributed by atoms with E-state index >= 15 is 0 Å². The molecule has 116 valence electrons. The third kappa shape index (κ3) is 7.36. The molecule has 1 fully saturated rings. The smallest absolute Gasteiger partial charge is 0.407 e. The predicted octanol–water partition coefficient (Wildman–Crippen LogP) is 3.32. The van der Waals surface area contributed by atoms with E-state index < -0.39 is 11.6 Å². The number of carboxylic acid groups (broad SMARTS) is 1. The van der Waals surface area contributed by atoms with E-state index in [1.807, 2.05) is 20.8 Å². The number of hydrogen-bond donors (Lipinski definition) is 2. The van der Waals surface area contributed by atoms with Gasteiger partial charge in [0.25, 0.3) is 0 Å². The van der Waals surface area contributed by atoms with Gasteiger partial charge in [-0.05, 0) is 52.4 Å². The topological polar surface area (TPSA) is 75.6 Å². The summed E-state index contributed by atoms with van der Waals surface area (Å²) in [4.78, 5) is 22.2. The van der Waals surface area contributed by atoms with E-state index in [0.717, 1.165) is 38.5 Å². The lowest BCUT2D eigenvalue weighted by molar-refractivity contribution is -0.137. The van der Waals surface area contributed by atoms with Crippen LogP contribution in [0.25, 0.3) is 0 Å². The molecule has 0 spiro atoms. The Kier molecular flexibility index (Phi) is 6.30. The largest absolute Gasteiger partial charge is 0.481 e. The Balaban J connectivity index is 2.30. The van der Waals surface area contributed by atoms with Crippen LogP contribution in [0.2, 0.25) is 0 Å². The highest BCUT2D eigenvalue weighted by molar-refractivity contribution is 5.68. The van der Waals surface area contributed by atoms with Gasteiger partial charge in [-0.2, -0.15) is 0 Å². The molecule has 0 saturated heterocycles. The standard InChI is InChI=1S/C15H27NO4/c1-15(2,3)20-14(19)16-12-8-4-6-11(10-12)7-5-9-13(17)18/h11-12H,4-10H2,1-3H3,(H,16,19)(H,17,18). The van der Waals surface area contributed by atoms with Gasteiger partial charge in [0, 0.05) is 12.5 Å². The maximum absolute atomic E-state index is 11.7. The van der Waals surface area contributed by atoms with Crippen molar-refractivity contribution in [2.75, 3.05) is 0 Å². The van der Waals surface area contributed by atoms with Crippen LogP contribution in [-0.2, 0) is 9.53 Å². The Morgan fingerprint density at radius 3 is 2.60 bits per heavy atom. The van der Waals surface area contributed by atoms with Crippen LogP contribution in [0.15, 0.2) is 0 Å². The zero-order valence-corrected chi connectivity index (χ0v) is 12.8. The van der Waals surface area contributed by atoms with Crippen LogP contribution in [0, 0.1) is 5.92 Å². The van der Waals surface area contributed by atoms with Gasteiger partial charge in [0.2, 0.25) is 0 Å². The van der Waals surface area contributed by atoms with Crippen molar-refractivity contribution in [1.82, 2.24) is 5.32 Å². The van der Waals surface area contributed by atoms with Gasteiger partial charge in [-0.25, -0.2) is 4.79 Å². The summed E-state index contributed by atoms with van der Waals surface area (Å²) in [5.41, 5.74) is -0.473. The lowest BCUT2D eigenvalue weighted by Crippen LogP contribution is -2.41. The van der Waals surface area contributed by atoms with Crippen molar-refractivity contribution in [3.63, 3.8) is 0 Å². The molecule has 5 heteroatoms. The molecule has 0 aromatic rings. The van der Waals surface area contributed by atoms with E-state index in [2.05, 4.69) is 5.32 Å². The molecule has 1 amide bonds. The van der Waals surface area contributed by atoms with Crippen molar-refractivity contribution in [3.05, 3.63) is 0 Å². The Hall–Kier alpha value is -1.26. The number of amides is 1. The number of carbonyl (C=O) groups is 2. The lowest BCUT2D eigenvalue weighted by Gasteiger charge is -2.30. The van der Waals surface area contributed by atoms with Gasteiger partial charge in [-0.3, -0.25) is 4.79 Å².